The Morgan fingerprint density at radius 3 is 1.30 bits per heavy atom. The van der Waals surface area contributed by atoms with E-state index in [0.29, 0.717) is 0 Å². The fraction of sp³-hybridized carbons (Fsp3) is 1.00. The molecule has 0 heterocycles. The van der Waals surface area contributed by atoms with Crippen molar-refractivity contribution < 1.29 is 0 Å². The molecule has 8 heteroatoms. The summed E-state index contributed by atoms with van der Waals surface area (Å²) in [5.74, 6) is 0. The second-order valence-electron chi connectivity index (χ2n) is 6.55. The van der Waals surface area contributed by atoms with Crippen LogP contribution in [0.2, 0.25) is 0 Å². The lowest BCUT2D eigenvalue weighted by Crippen LogP contribution is -2.24. The van der Waals surface area contributed by atoms with Crippen molar-refractivity contribution >= 4 is 15.5 Å². The van der Waals surface area contributed by atoms with E-state index in [0.717, 1.165) is 0 Å². The van der Waals surface area contributed by atoms with Gasteiger partial charge in [-0.15, -0.1) is 9.34 Å². The molecule has 0 unspecified atom stereocenters. The summed E-state index contributed by atoms with van der Waals surface area (Å²) in [6, 6.07) is 0. The molecule has 0 aliphatic rings. The molecule has 0 spiro atoms. The van der Waals surface area contributed by atoms with Gasteiger partial charge in [-0.3, -0.25) is 0 Å². The summed E-state index contributed by atoms with van der Waals surface area (Å²) >= 11 is 0. The van der Waals surface area contributed by atoms with Crippen LogP contribution in [0.1, 0.15) is 20.8 Å². The first-order valence-corrected chi connectivity index (χ1v) is 9.50. The standard InChI is InChI=1S/C12H33N6P2/c1-12(2,3)13-20(17(8)9,18(10)11)14-19(15(4)5)16(6)7/h1-11H3/q+1. The van der Waals surface area contributed by atoms with Crippen LogP contribution in [0.5, 0.6) is 0 Å². The van der Waals surface area contributed by atoms with E-state index in [1.807, 2.05) is 0 Å². The van der Waals surface area contributed by atoms with E-state index in [9.17, 15) is 0 Å². The smallest absolute Gasteiger partial charge is 0.246 e. The quantitative estimate of drug-likeness (QED) is 0.726. The summed E-state index contributed by atoms with van der Waals surface area (Å²) in [5.41, 5.74) is -0.120. The zero-order chi connectivity index (χ0) is 16.3. The topological polar surface area (TPSA) is 37.7 Å². The third-order valence-corrected chi connectivity index (χ3v) is 8.47. The van der Waals surface area contributed by atoms with Gasteiger partial charge in [-0.1, -0.05) is 0 Å². The van der Waals surface area contributed by atoms with Crippen LogP contribution in [0, 0.1) is 0 Å². The monoisotopic (exact) mass is 323 g/mol. The minimum absolute atomic E-state index is 0.120. The molecule has 0 saturated carbocycles. The number of rotatable bonds is 5. The van der Waals surface area contributed by atoms with Crippen molar-refractivity contribution in [1.29, 1.82) is 0 Å². The molecule has 0 aromatic rings. The van der Waals surface area contributed by atoms with Gasteiger partial charge in [0.05, 0.1) is 5.54 Å². The molecule has 0 saturated heterocycles. The average Bonchev–Trinajstić information content (AvgIpc) is 2.20. The average molecular weight is 323 g/mol. The van der Waals surface area contributed by atoms with Crippen LogP contribution in [0.3, 0.4) is 0 Å². The minimum Gasteiger partial charge on any atom is -0.246 e. The third kappa shape index (κ3) is 5.51. The highest BCUT2D eigenvalue weighted by atomic mass is 31.2. The number of hydrogen-bond donors (Lipinski definition) is 0. The van der Waals surface area contributed by atoms with Crippen LogP contribution in [0.4, 0.5) is 0 Å². The molecule has 20 heavy (non-hydrogen) atoms. The van der Waals surface area contributed by atoms with Crippen molar-refractivity contribution in [1.82, 2.24) is 18.7 Å². The molecule has 0 aromatic carbocycles. The lowest BCUT2D eigenvalue weighted by molar-refractivity contribution is 0.521. The predicted octanol–water partition coefficient (Wildman–Crippen LogP) is 3.47. The molecule has 120 valence electrons. The molecule has 6 nitrogen and oxygen atoms in total. The van der Waals surface area contributed by atoms with E-state index in [1.165, 1.54) is 0 Å². The molecule has 0 aliphatic carbocycles. The van der Waals surface area contributed by atoms with Crippen LogP contribution < -0.4 is 0 Å². The summed E-state index contributed by atoms with van der Waals surface area (Å²) in [6.45, 7) is 6.41. The highest BCUT2D eigenvalue weighted by Gasteiger charge is 2.36. The first kappa shape index (κ1) is 20.2. The summed E-state index contributed by atoms with van der Waals surface area (Å²) in [5, 5.41) is 0. The Morgan fingerprint density at radius 2 is 1.10 bits per heavy atom. The van der Waals surface area contributed by atoms with Gasteiger partial charge in [-0.05, 0) is 53.5 Å². The van der Waals surface area contributed by atoms with Crippen LogP contribution >= 0.6 is 15.5 Å². The maximum absolute atomic E-state index is 5.20. The fourth-order valence-electron chi connectivity index (χ4n) is 1.74. The van der Waals surface area contributed by atoms with Gasteiger partial charge >= 0.3 is 8.01 Å². The molecular weight excluding hydrogens is 290 g/mol. The van der Waals surface area contributed by atoms with E-state index in [2.05, 4.69) is 95.8 Å². The van der Waals surface area contributed by atoms with Gasteiger partial charge in [0.2, 0.25) is 0 Å². The predicted molar refractivity (Wildman–Crippen MR) is 93.2 cm³/mol. The van der Waals surface area contributed by atoms with Crippen molar-refractivity contribution in [2.45, 2.75) is 26.3 Å². The van der Waals surface area contributed by atoms with E-state index in [1.54, 1.807) is 0 Å². The summed E-state index contributed by atoms with van der Waals surface area (Å²) in [7, 11) is 13.8. The Bertz CT molecular complexity index is 371. The number of hydrogen-bond acceptors (Lipinski definition) is 1. The summed E-state index contributed by atoms with van der Waals surface area (Å²) < 4.78 is 19.0. The molecule has 0 aromatic heterocycles. The van der Waals surface area contributed by atoms with Crippen molar-refractivity contribution in [2.75, 3.05) is 56.4 Å². The first-order chi connectivity index (χ1) is 8.83. The van der Waals surface area contributed by atoms with E-state index < -0.39 is 15.5 Å². The Labute approximate surface area is 126 Å². The van der Waals surface area contributed by atoms with E-state index in [-0.39, 0.29) is 5.54 Å². The van der Waals surface area contributed by atoms with Gasteiger partial charge in [-0.25, -0.2) is 14.1 Å². The van der Waals surface area contributed by atoms with Crippen molar-refractivity contribution in [3.63, 3.8) is 0 Å². The molecule has 0 rings (SSSR count). The summed E-state index contributed by atoms with van der Waals surface area (Å²) in [6.07, 6.45) is 0. The second-order valence-corrected chi connectivity index (χ2v) is 12.3. The van der Waals surface area contributed by atoms with Gasteiger partial charge in [-0.2, -0.15) is 0 Å². The maximum Gasteiger partial charge on any atom is 0.405 e. The van der Waals surface area contributed by atoms with Crippen LogP contribution in [0.25, 0.3) is 0 Å². The lowest BCUT2D eigenvalue weighted by Gasteiger charge is -2.33. The van der Waals surface area contributed by atoms with Gasteiger partial charge in [0.25, 0.3) is 7.51 Å². The molecule has 0 fully saturated rings. The third-order valence-electron chi connectivity index (χ3n) is 2.42. The molecule has 0 N–H and O–H groups in total. The van der Waals surface area contributed by atoms with Crippen LogP contribution in [-0.4, -0.2) is 80.6 Å². The Hall–Kier alpha value is 0.170. The van der Waals surface area contributed by atoms with E-state index >= 15 is 0 Å². The van der Waals surface area contributed by atoms with Gasteiger partial charge in [0.15, 0.2) is 0 Å². The van der Waals surface area contributed by atoms with Crippen LogP contribution in [-0.2, 0) is 0 Å². The van der Waals surface area contributed by atoms with Gasteiger partial charge in [0.1, 0.15) is 0 Å². The Balaban J connectivity index is 6.29. The second kappa shape index (κ2) is 7.44. The zero-order valence-corrected chi connectivity index (χ0v) is 16.9. The molecule has 0 bridgehead atoms. The van der Waals surface area contributed by atoms with Crippen LogP contribution in [0.15, 0.2) is 9.26 Å². The summed E-state index contributed by atoms with van der Waals surface area (Å²) in [4.78, 5) is 0. The maximum atomic E-state index is 5.20. The molecule has 0 aliphatic heterocycles. The molecule has 0 radical (unpaired) electrons. The van der Waals surface area contributed by atoms with Crippen molar-refractivity contribution in [2.24, 2.45) is 9.26 Å². The molecular formula is C12H33N6P2+. The van der Waals surface area contributed by atoms with Gasteiger partial charge < -0.3 is 0 Å². The zero-order valence-electron chi connectivity index (χ0n) is 15.1. The Kier molecular flexibility index (Phi) is 7.50. The van der Waals surface area contributed by atoms with E-state index in [4.69, 9.17) is 9.26 Å². The number of nitrogens with zero attached hydrogens (tertiary/aromatic N) is 6. The normalized spacial score (nSPS) is 13.6. The van der Waals surface area contributed by atoms with Crippen molar-refractivity contribution in [3.8, 4) is 0 Å². The minimum atomic E-state index is -2.06. The lowest BCUT2D eigenvalue weighted by atomic mass is 10.1. The highest BCUT2D eigenvalue weighted by Crippen LogP contribution is 2.61. The molecule has 0 amide bonds. The first-order valence-electron chi connectivity index (χ1n) is 6.70. The van der Waals surface area contributed by atoms with Crippen molar-refractivity contribution in [3.05, 3.63) is 0 Å². The Morgan fingerprint density at radius 1 is 0.750 bits per heavy atom. The molecule has 0 atom stereocenters. The fourth-order valence-corrected chi connectivity index (χ4v) is 7.92. The largest absolute Gasteiger partial charge is 0.405 e. The van der Waals surface area contributed by atoms with Gasteiger partial charge in [0, 0.05) is 28.2 Å². The SMILES string of the molecule is CN(C)[P+](=NP(=NC(C)(C)C)(N(C)C)N(C)C)N(C)C. The highest BCUT2D eigenvalue weighted by molar-refractivity contribution is 7.65.